The molecule has 2 amide bonds. The Balaban J connectivity index is 1.65. The fraction of sp³-hybridized carbons (Fsp3) is 0.556. The van der Waals surface area contributed by atoms with Crippen LogP contribution in [0.1, 0.15) is 36.8 Å². The zero-order chi connectivity index (χ0) is 16.7. The van der Waals surface area contributed by atoms with Crippen molar-refractivity contribution < 1.29 is 9.59 Å². The minimum absolute atomic E-state index is 0.128. The van der Waals surface area contributed by atoms with E-state index in [2.05, 4.69) is 15.5 Å². The topological polar surface area (TPSA) is 61.4 Å². The largest absolute Gasteiger partial charge is 0.356 e. The summed E-state index contributed by atoms with van der Waals surface area (Å²) in [5.74, 6) is -0.482. The molecule has 5 nitrogen and oxygen atoms in total. The molecule has 0 unspecified atom stereocenters. The van der Waals surface area contributed by atoms with Gasteiger partial charge in [0.25, 0.3) is 0 Å². The van der Waals surface area contributed by atoms with Crippen molar-refractivity contribution in [3.05, 3.63) is 29.3 Å². The molecule has 0 bridgehead atoms. The molecule has 2 N–H and O–H groups in total. The summed E-state index contributed by atoms with van der Waals surface area (Å²) in [7, 11) is 0. The highest BCUT2D eigenvalue weighted by atomic mass is 16.2. The molecule has 1 aliphatic rings. The minimum Gasteiger partial charge on any atom is -0.356 e. The fourth-order valence-electron chi connectivity index (χ4n) is 2.81. The molecule has 1 aliphatic heterocycles. The first-order valence-electron chi connectivity index (χ1n) is 8.41. The molecule has 126 valence electrons. The maximum absolute atomic E-state index is 11.9. The van der Waals surface area contributed by atoms with Crippen molar-refractivity contribution in [1.29, 1.82) is 0 Å². The normalized spacial score (nSPS) is 14.7. The van der Waals surface area contributed by atoms with Crippen molar-refractivity contribution in [2.24, 2.45) is 0 Å². The van der Waals surface area contributed by atoms with Crippen LogP contribution in [-0.2, 0) is 9.59 Å². The van der Waals surface area contributed by atoms with Gasteiger partial charge in [-0.1, -0.05) is 12.1 Å². The second kappa shape index (κ2) is 8.67. The van der Waals surface area contributed by atoms with Crippen molar-refractivity contribution in [3.8, 4) is 0 Å². The van der Waals surface area contributed by atoms with Crippen LogP contribution in [-0.4, -0.2) is 42.9 Å². The van der Waals surface area contributed by atoms with Crippen molar-refractivity contribution in [2.45, 2.75) is 39.5 Å². The molecule has 0 spiro atoms. The number of benzene rings is 1. The average Bonchev–Trinajstić information content (AvgIpc) is 3.00. The van der Waals surface area contributed by atoms with Crippen LogP contribution in [0.3, 0.4) is 0 Å². The number of hydrogen-bond donors (Lipinski definition) is 2. The van der Waals surface area contributed by atoms with Gasteiger partial charge in [0.15, 0.2) is 0 Å². The number of amides is 2. The number of likely N-dealkylation sites (tertiary alicyclic amines) is 1. The van der Waals surface area contributed by atoms with Gasteiger partial charge in [-0.25, -0.2) is 0 Å². The van der Waals surface area contributed by atoms with Crippen LogP contribution in [0, 0.1) is 13.8 Å². The highest BCUT2D eigenvalue weighted by Gasteiger charge is 2.12. The fourth-order valence-corrected chi connectivity index (χ4v) is 2.81. The number of carbonyl (C=O) groups is 2. The standard InChI is InChI=1S/C18H27N3O2/c1-14-6-7-15(2)16(12-14)20-18(23)13-17(22)19-8-5-11-21-9-3-4-10-21/h6-7,12H,3-5,8-11,13H2,1-2H3,(H,19,22)(H,20,23). The van der Waals surface area contributed by atoms with Crippen molar-refractivity contribution in [2.75, 3.05) is 31.5 Å². The summed E-state index contributed by atoms with van der Waals surface area (Å²) in [6.45, 7) is 7.91. The van der Waals surface area contributed by atoms with Gasteiger partial charge in [-0.2, -0.15) is 0 Å². The van der Waals surface area contributed by atoms with E-state index in [9.17, 15) is 9.59 Å². The van der Waals surface area contributed by atoms with Crippen molar-refractivity contribution in [1.82, 2.24) is 10.2 Å². The molecule has 0 atom stereocenters. The first-order chi connectivity index (χ1) is 11.0. The number of anilines is 1. The van der Waals surface area contributed by atoms with Gasteiger partial charge in [-0.15, -0.1) is 0 Å². The first-order valence-corrected chi connectivity index (χ1v) is 8.41. The second-order valence-corrected chi connectivity index (χ2v) is 6.30. The summed E-state index contributed by atoms with van der Waals surface area (Å²) < 4.78 is 0. The Morgan fingerprint density at radius 2 is 1.87 bits per heavy atom. The SMILES string of the molecule is Cc1ccc(C)c(NC(=O)CC(=O)NCCCN2CCCC2)c1. The van der Waals surface area contributed by atoms with Gasteiger partial charge in [-0.3, -0.25) is 9.59 Å². The summed E-state index contributed by atoms with van der Waals surface area (Å²) >= 11 is 0. The Hall–Kier alpha value is -1.88. The molecule has 1 heterocycles. The Labute approximate surface area is 138 Å². The molecule has 1 aromatic rings. The smallest absolute Gasteiger partial charge is 0.233 e. The van der Waals surface area contributed by atoms with E-state index in [1.165, 1.54) is 25.9 Å². The lowest BCUT2D eigenvalue weighted by Gasteiger charge is -2.14. The summed E-state index contributed by atoms with van der Waals surface area (Å²) in [4.78, 5) is 26.2. The number of carbonyl (C=O) groups excluding carboxylic acids is 2. The lowest BCUT2D eigenvalue weighted by Crippen LogP contribution is -2.31. The monoisotopic (exact) mass is 317 g/mol. The first kappa shape index (κ1) is 17.5. The molecule has 0 aromatic heterocycles. The molecule has 23 heavy (non-hydrogen) atoms. The Morgan fingerprint density at radius 1 is 1.13 bits per heavy atom. The molecule has 1 saturated heterocycles. The molecule has 2 rings (SSSR count). The number of rotatable bonds is 7. The molecule has 0 saturated carbocycles. The predicted molar refractivity (Wildman–Crippen MR) is 92.5 cm³/mol. The molecule has 1 aromatic carbocycles. The predicted octanol–water partition coefficient (Wildman–Crippen LogP) is 2.23. The van der Waals surface area contributed by atoms with Crippen LogP contribution in [0.15, 0.2) is 18.2 Å². The van der Waals surface area contributed by atoms with Gasteiger partial charge in [0.2, 0.25) is 11.8 Å². The highest BCUT2D eigenvalue weighted by Crippen LogP contribution is 2.16. The average molecular weight is 317 g/mol. The highest BCUT2D eigenvalue weighted by molar-refractivity contribution is 6.03. The van der Waals surface area contributed by atoms with Crippen LogP contribution in [0.5, 0.6) is 0 Å². The van der Waals surface area contributed by atoms with E-state index < -0.39 is 0 Å². The Morgan fingerprint density at radius 3 is 2.61 bits per heavy atom. The number of aryl methyl sites for hydroxylation is 2. The lowest BCUT2D eigenvalue weighted by molar-refractivity contribution is -0.126. The van der Waals surface area contributed by atoms with Crippen LogP contribution in [0.25, 0.3) is 0 Å². The van der Waals surface area contributed by atoms with Crippen molar-refractivity contribution in [3.63, 3.8) is 0 Å². The van der Waals surface area contributed by atoms with Crippen molar-refractivity contribution >= 4 is 17.5 Å². The van der Waals surface area contributed by atoms with Gasteiger partial charge >= 0.3 is 0 Å². The third-order valence-electron chi connectivity index (χ3n) is 4.16. The van der Waals surface area contributed by atoms with E-state index in [1.54, 1.807) is 0 Å². The molecule has 1 fully saturated rings. The van der Waals surface area contributed by atoms with Gasteiger partial charge in [0, 0.05) is 12.2 Å². The third kappa shape index (κ3) is 6.02. The maximum Gasteiger partial charge on any atom is 0.233 e. The van der Waals surface area contributed by atoms with E-state index in [-0.39, 0.29) is 18.2 Å². The van der Waals surface area contributed by atoms with Gasteiger partial charge in [0.05, 0.1) is 0 Å². The van der Waals surface area contributed by atoms with Gasteiger partial charge in [-0.05, 0) is 69.9 Å². The summed E-state index contributed by atoms with van der Waals surface area (Å²) in [5, 5.41) is 5.63. The molecular formula is C18H27N3O2. The number of hydrogen-bond acceptors (Lipinski definition) is 3. The molecule has 0 aliphatic carbocycles. The molecule has 0 radical (unpaired) electrons. The second-order valence-electron chi connectivity index (χ2n) is 6.30. The zero-order valence-corrected chi connectivity index (χ0v) is 14.2. The van der Waals surface area contributed by atoms with E-state index in [0.29, 0.717) is 6.54 Å². The van der Waals surface area contributed by atoms with Crippen LogP contribution < -0.4 is 10.6 Å². The van der Waals surface area contributed by atoms with Gasteiger partial charge in [0.1, 0.15) is 6.42 Å². The Bertz CT molecular complexity index is 551. The van der Waals surface area contributed by atoms with E-state index in [1.807, 2.05) is 32.0 Å². The van der Waals surface area contributed by atoms with Crippen LogP contribution >= 0.6 is 0 Å². The summed E-state index contributed by atoms with van der Waals surface area (Å²) in [6.07, 6.45) is 3.37. The van der Waals surface area contributed by atoms with Crippen LogP contribution in [0.2, 0.25) is 0 Å². The third-order valence-corrected chi connectivity index (χ3v) is 4.16. The van der Waals surface area contributed by atoms with Gasteiger partial charge < -0.3 is 15.5 Å². The molecule has 5 heteroatoms. The Kier molecular flexibility index (Phi) is 6.59. The van der Waals surface area contributed by atoms with E-state index in [0.717, 1.165) is 29.8 Å². The zero-order valence-electron chi connectivity index (χ0n) is 14.2. The van der Waals surface area contributed by atoms with Crippen LogP contribution in [0.4, 0.5) is 5.69 Å². The summed E-state index contributed by atoms with van der Waals surface area (Å²) in [5.41, 5.74) is 2.85. The van der Waals surface area contributed by atoms with E-state index >= 15 is 0 Å². The number of nitrogens with zero attached hydrogens (tertiary/aromatic N) is 1. The quantitative estimate of drug-likeness (QED) is 0.599. The number of nitrogens with one attached hydrogen (secondary N) is 2. The summed E-state index contributed by atoms with van der Waals surface area (Å²) in [6, 6.07) is 5.88. The van der Waals surface area contributed by atoms with E-state index in [4.69, 9.17) is 0 Å². The lowest BCUT2D eigenvalue weighted by atomic mass is 10.1. The molecular weight excluding hydrogens is 290 g/mol. The minimum atomic E-state index is -0.268. The maximum atomic E-state index is 11.9.